The van der Waals surface area contributed by atoms with E-state index in [1.165, 1.54) is 25.3 Å². The van der Waals surface area contributed by atoms with Crippen LogP contribution >= 0.6 is 11.6 Å². The molecule has 0 bridgehead atoms. The maximum absolute atomic E-state index is 12.7. The number of carbonyl (C=O) groups excluding carboxylic acids is 1. The number of ether oxygens (including phenoxy) is 1. The molecule has 1 saturated heterocycles. The minimum absolute atomic E-state index is 0.104. The molecule has 0 aliphatic carbocycles. The van der Waals surface area contributed by atoms with E-state index >= 15 is 0 Å². The molecule has 0 atom stereocenters. The number of likely N-dealkylation sites (tertiary alicyclic amines) is 1. The Balaban J connectivity index is 1.75. The lowest BCUT2D eigenvalue weighted by atomic mass is 9.98. The third-order valence-electron chi connectivity index (χ3n) is 4.89. The van der Waals surface area contributed by atoms with Gasteiger partial charge in [-0.05, 0) is 61.2 Å². The quantitative estimate of drug-likeness (QED) is 0.789. The summed E-state index contributed by atoms with van der Waals surface area (Å²) in [4.78, 5) is 14.6. The van der Waals surface area contributed by atoms with Gasteiger partial charge in [0.2, 0.25) is 0 Å². The first-order valence-electron chi connectivity index (χ1n) is 9.06. The molecule has 1 aliphatic heterocycles. The van der Waals surface area contributed by atoms with Gasteiger partial charge in [0, 0.05) is 13.1 Å². The van der Waals surface area contributed by atoms with Gasteiger partial charge < -0.3 is 9.64 Å². The minimum atomic E-state index is -3.77. The number of nitrogens with one attached hydrogen (secondary N) is 1. The second-order valence-electron chi connectivity index (χ2n) is 6.95. The van der Waals surface area contributed by atoms with Gasteiger partial charge in [-0.1, -0.05) is 18.5 Å². The van der Waals surface area contributed by atoms with Gasteiger partial charge in [0.15, 0.2) is 0 Å². The molecule has 1 N–H and O–H groups in total. The average Bonchev–Trinajstić information content (AvgIpc) is 2.68. The lowest BCUT2D eigenvalue weighted by Gasteiger charge is -2.30. The number of carbonyl (C=O) groups is 1. The molecule has 1 aliphatic rings. The van der Waals surface area contributed by atoms with Crippen molar-refractivity contribution in [3.63, 3.8) is 0 Å². The van der Waals surface area contributed by atoms with Gasteiger partial charge in [-0.2, -0.15) is 0 Å². The topological polar surface area (TPSA) is 75.7 Å². The number of sulfonamides is 1. The number of nitrogens with zero attached hydrogens (tertiary/aromatic N) is 1. The second-order valence-corrected chi connectivity index (χ2v) is 9.04. The van der Waals surface area contributed by atoms with Crippen molar-refractivity contribution in [2.45, 2.75) is 24.7 Å². The molecule has 28 heavy (non-hydrogen) atoms. The maximum Gasteiger partial charge on any atom is 0.261 e. The largest absolute Gasteiger partial charge is 0.497 e. The summed E-state index contributed by atoms with van der Waals surface area (Å²) in [5, 5.41) is 0.221. The molecular formula is C20H23ClN2O4S. The summed E-state index contributed by atoms with van der Waals surface area (Å²) >= 11 is 6.29. The van der Waals surface area contributed by atoms with Crippen LogP contribution in [0.4, 0.5) is 5.69 Å². The zero-order valence-corrected chi connectivity index (χ0v) is 17.4. The molecule has 8 heteroatoms. The summed E-state index contributed by atoms with van der Waals surface area (Å²) in [5.74, 6) is 1.06. The van der Waals surface area contributed by atoms with E-state index in [0.717, 1.165) is 12.8 Å². The van der Waals surface area contributed by atoms with Crippen molar-refractivity contribution in [2.75, 3.05) is 24.9 Å². The molecule has 2 aromatic carbocycles. The van der Waals surface area contributed by atoms with E-state index in [1.807, 2.05) is 0 Å². The molecule has 0 aromatic heterocycles. The molecule has 1 fully saturated rings. The molecule has 2 aromatic rings. The number of halogens is 1. The number of hydrogen-bond acceptors (Lipinski definition) is 4. The zero-order chi connectivity index (χ0) is 20.3. The number of amides is 1. The lowest BCUT2D eigenvalue weighted by Crippen LogP contribution is -2.38. The molecular weight excluding hydrogens is 400 g/mol. The van der Waals surface area contributed by atoms with Gasteiger partial charge in [-0.15, -0.1) is 0 Å². The third kappa shape index (κ3) is 4.59. The summed E-state index contributed by atoms with van der Waals surface area (Å²) < 4.78 is 32.6. The van der Waals surface area contributed by atoms with Gasteiger partial charge >= 0.3 is 0 Å². The van der Waals surface area contributed by atoms with E-state index in [2.05, 4.69) is 11.6 Å². The summed E-state index contributed by atoms with van der Waals surface area (Å²) in [6.07, 6.45) is 1.95. The highest BCUT2D eigenvalue weighted by molar-refractivity contribution is 7.92. The van der Waals surface area contributed by atoms with Crippen LogP contribution in [0, 0.1) is 5.92 Å². The summed E-state index contributed by atoms with van der Waals surface area (Å²) in [6, 6.07) is 10.6. The molecule has 3 rings (SSSR count). The number of rotatable bonds is 5. The summed E-state index contributed by atoms with van der Waals surface area (Å²) in [5.41, 5.74) is 0.674. The van der Waals surface area contributed by atoms with Crippen molar-refractivity contribution in [1.29, 1.82) is 0 Å². The predicted molar refractivity (Wildman–Crippen MR) is 110 cm³/mol. The van der Waals surface area contributed by atoms with E-state index in [4.69, 9.17) is 16.3 Å². The molecule has 150 valence electrons. The van der Waals surface area contributed by atoms with Crippen molar-refractivity contribution >= 4 is 33.2 Å². The van der Waals surface area contributed by atoms with E-state index in [1.54, 1.807) is 29.2 Å². The van der Waals surface area contributed by atoms with Crippen molar-refractivity contribution in [3.05, 3.63) is 53.1 Å². The van der Waals surface area contributed by atoms with Crippen LogP contribution in [0.1, 0.15) is 30.1 Å². The minimum Gasteiger partial charge on any atom is -0.497 e. The number of methoxy groups -OCH3 is 1. The van der Waals surface area contributed by atoms with Crippen molar-refractivity contribution in [3.8, 4) is 5.75 Å². The Labute approximate surface area is 170 Å². The van der Waals surface area contributed by atoms with Crippen molar-refractivity contribution in [2.24, 2.45) is 5.92 Å². The first kappa shape index (κ1) is 20.5. The van der Waals surface area contributed by atoms with E-state index in [0.29, 0.717) is 36.0 Å². The van der Waals surface area contributed by atoms with Crippen LogP contribution in [0.15, 0.2) is 47.4 Å². The molecule has 6 nitrogen and oxygen atoms in total. The van der Waals surface area contributed by atoms with E-state index in [9.17, 15) is 13.2 Å². The van der Waals surface area contributed by atoms with Crippen molar-refractivity contribution < 1.29 is 17.9 Å². The first-order chi connectivity index (χ1) is 13.3. The molecule has 0 spiro atoms. The van der Waals surface area contributed by atoms with Crippen LogP contribution in [0.3, 0.4) is 0 Å². The number of anilines is 1. The average molecular weight is 423 g/mol. The van der Waals surface area contributed by atoms with Crippen LogP contribution in [0.5, 0.6) is 5.75 Å². The Kier molecular flexibility index (Phi) is 6.15. The smallest absolute Gasteiger partial charge is 0.261 e. The van der Waals surface area contributed by atoms with Gasteiger partial charge in [0.25, 0.3) is 15.9 Å². The van der Waals surface area contributed by atoms with Crippen LogP contribution in [-0.2, 0) is 10.0 Å². The Bertz CT molecular complexity index is 953. The summed E-state index contributed by atoms with van der Waals surface area (Å²) in [7, 11) is -2.26. The monoisotopic (exact) mass is 422 g/mol. The normalized spacial score (nSPS) is 15.3. The fourth-order valence-corrected chi connectivity index (χ4v) is 4.41. The molecule has 0 radical (unpaired) electrons. The summed E-state index contributed by atoms with van der Waals surface area (Å²) in [6.45, 7) is 3.60. The molecule has 1 amide bonds. The fraction of sp³-hybridized carbons (Fsp3) is 0.350. The van der Waals surface area contributed by atoms with Gasteiger partial charge in [-0.3, -0.25) is 9.52 Å². The maximum atomic E-state index is 12.7. The van der Waals surface area contributed by atoms with Crippen LogP contribution in [0.2, 0.25) is 5.02 Å². The Morgan fingerprint density at radius 2 is 1.79 bits per heavy atom. The zero-order valence-electron chi connectivity index (χ0n) is 15.8. The van der Waals surface area contributed by atoms with Crippen LogP contribution in [0.25, 0.3) is 0 Å². The number of benzene rings is 2. The lowest BCUT2D eigenvalue weighted by molar-refractivity contribution is 0.0697. The number of piperidine rings is 1. The van der Waals surface area contributed by atoms with E-state index < -0.39 is 10.0 Å². The molecule has 0 unspecified atom stereocenters. The highest BCUT2D eigenvalue weighted by Crippen LogP contribution is 2.26. The van der Waals surface area contributed by atoms with Crippen molar-refractivity contribution in [1.82, 2.24) is 4.90 Å². The van der Waals surface area contributed by atoms with Crippen LogP contribution in [-0.4, -0.2) is 39.4 Å². The molecule has 0 saturated carbocycles. The van der Waals surface area contributed by atoms with Gasteiger partial charge in [0.1, 0.15) is 5.75 Å². The fourth-order valence-electron chi connectivity index (χ4n) is 3.10. The Hall–Kier alpha value is -2.25. The number of hydrogen-bond donors (Lipinski definition) is 1. The predicted octanol–water partition coefficient (Wildman–Crippen LogP) is 4.02. The SMILES string of the molecule is COc1ccc(S(=O)(=O)Nc2ccc(C(=O)N3CCC(C)CC3)c(Cl)c2)cc1. The first-order valence-corrected chi connectivity index (χ1v) is 10.9. The van der Waals surface area contributed by atoms with Gasteiger partial charge in [-0.25, -0.2) is 8.42 Å². The van der Waals surface area contributed by atoms with Gasteiger partial charge in [0.05, 0.1) is 28.3 Å². The second kappa shape index (κ2) is 8.41. The highest BCUT2D eigenvalue weighted by atomic mass is 35.5. The molecule has 1 heterocycles. The van der Waals surface area contributed by atoms with Crippen LogP contribution < -0.4 is 9.46 Å². The third-order valence-corrected chi connectivity index (χ3v) is 6.60. The van der Waals surface area contributed by atoms with E-state index in [-0.39, 0.29) is 15.8 Å². The Morgan fingerprint density at radius 1 is 1.14 bits per heavy atom. The standard InChI is InChI=1S/C20H23ClN2O4S/c1-14-9-11-23(12-10-14)20(24)18-8-3-15(13-19(18)21)22-28(25,26)17-6-4-16(27-2)5-7-17/h3-8,13-14,22H,9-12H2,1-2H3. The highest BCUT2D eigenvalue weighted by Gasteiger charge is 2.23. The Morgan fingerprint density at radius 3 is 2.36 bits per heavy atom.